The van der Waals surface area contributed by atoms with E-state index in [1.54, 1.807) is 12.1 Å². The highest BCUT2D eigenvalue weighted by molar-refractivity contribution is 6.30. The third-order valence-corrected chi connectivity index (χ3v) is 3.35. The normalized spacial score (nSPS) is 11.3. The molecule has 0 saturated heterocycles. The van der Waals surface area contributed by atoms with Gasteiger partial charge in [0.25, 0.3) is 0 Å². The topological polar surface area (TPSA) is 20.3 Å². The molecule has 0 amide bonds. The number of hydrogen-bond donors (Lipinski definition) is 0. The van der Waals surface area contributed by atoms with Gasteiger partial charge in [0.15, 0.2) is 0 Å². The van der Waals surface area contributed by atoms with Gasteiger partial charge in [0.2, 0.25) is 5.78 Å². The summed E-state index contributed by atoms with van der Waals surface area (Å²) < 4.78 is 28.5. The second-order valence-corrected chi connectivity index (χ2v) is 5.29. The van der Waals surface area contributed by atoms with E-state index in [0.29, 0.717) is 0 Å². The lowest BCUT2D eigenvalue weighted by molar-refractivity contribution is 0.00744. The van der Waals surface area contributed by atoms with Crippen LogP contribution >= 0.6 is 11.6 Å². The molecular weight excluding hydrogens is 296 g/mol. The molecular formula is C16H14ClF2NO. The van der Waals surface area contributed by atoms with Gasteiger partial charge in [-0.15, -0.1) is 0 Å². The number of alkyl halides is 2. The summed E-state index contributed by atoms with van der Waals surface area (Å²) in [6.45, 7) is 0. The largest absolute Gasteiger partial charge is 0.378 e. The second kappa shape index (κ2) is 5.82. The van der Waals surface area contributed by atoms with Crippen molar-refractivity contribution < 1.29 is 13.6 Å². The van der Waals surface area contributed by atoms with Crippen molar-refractivity contribution in [1.29, 1.82) is 0 Å². The number of benzene rings is 2. The Hall–Kier alpha value is -1.94. The van der Waals surface area contributed by atoms with Gasteiger partial charge in [-0.3, -0.25) is 4.79 Å². The van der Waals surface area contributed by atoms with E-state index in [0.717, 1.165) is 11.8 Å². The monoisotopic (exact) mass is 309 g/mol. The minimum atomic E-state index is -3.61. The van der Waals surface area contributed by atoms with Crippen molar-refractivity contribution in [1.82, 2.24) is 0 Å². The average Bonchev–Trinajstić information content (AvgIpc) is 2.46. The van der Waals surface area contributed by atoms with Crippen LogP contribution in [0.5, 0.6) is 0 Å². The molecule has 0 spiro atoms. The molecule has 2 aromatic rings. The summed E-state index contributed by atoms with van der Waals surface area (Å²) in [5, 5.41) is 0.169. The number of ketones is 1. The smallest absolute Gasteiger partial charge is 0.335 e. The minimum absolute atomic E-state index is 0.0365. The van der Waals surface area contributed by atoms with Gasteiger partial charge in [-0.1, -0.05) is 23.7 Å². The molecule has 0 aliphatic carbocycles. The van der Waals surface area contributed by atoms with Crippen LogP contribution in [-0.2, 0) is 5.92 Å². The quantitative estimate of drug-likeness (QED) is 0.781. The van der Waals surface area contributed by atoms with Crippen LogP contribution in [0.1, 0.15) is 15.9 Å². The van der Waals surface area contributed by atoms with Crippen molar-refractivity contribution in [3.63, 3.8) is 0 Å². The van der Waals surface area contributed by atoms with Crippen molar-refractivity contribution in [2.75, 3.05) is 19.0 Å². The zero-order valence-electron chi connectivity index (χ0n) is 11.6. The third-order valence-electron chi connectivity index (χ3n) is 3.12. The van der Waals surface area contributed by atoms with Crippen molar-refractivity contribution in [2.45, 2.75) is 5.92 Å². The molecule has 0 heterocycles. The van der Waals surface area contributed by atoms with Crippen molar-refractivity contribution in [3.05, 3.63) is 64.7 Å². The average molecular weight is 310 g/mol. The standard InChI is InChI=1S/C16H14ClF2NO/c1-20(2)14-8-6-11(7-9-14)15(21)16(18,19)12-4-3-5-13(17)10-12/h3-10H,1-2H3. The van der Waals surface area contributed by atoms with E-state index in [4.69, 9.17) is 11.6 Å². The second-order valence-electron chi connectivity index (χ2n) is 4.86. The Morgan fingerprint density at radius 1 is 1.10 bits per heavy atom. The van der Waals surface area contributed by atoms with Crippen LogP contribution < -0.4 is 4.90 Å². The molecule has 21 heavy (non-hydrogen) atoms. The van der Waals surface area contributed by atoms with Gasteiger partial charge in [0.05, 0.1) is 0 Å². The number of carbonyl (C=O) groups is 1. The summed E-state index contributed by atoms with van der Waals surface area (Å²) in [7, 11) is 3.66. The Morgan fingerprint density at radius 3 is 2.24 bits per heavy atom. The van der Waals surface area contributed by atoms with Crippen LogP contribution in [0.3, 0.4) is 0 Å². The fraction of sp³-hybridized carbons (Fsp3) is 0.188. The van der Waals surface area contributed by atoms with Crippen LogP contribution in [0, 0.1) is 0 Å². The molecule has 5 heteroatoms. The summed E-state index contributed by atoms with van der Waals surface area (Å²) in [6, 6.07) is 11.2. The van der Waals surface area contributed by atoms with Gasteiger partial charge in [-0.05, 0) is 36.4 Å². The van der Waals surface area contributed by atoms with Crippen LogP contribution in [0.4, 0.5) is 14.5 Å². The molecule has 110 valence electrons. The van der Waals surface area contributed by atoms with E-state index in [1.807, 2.05) is 19.0 Å². The van der Waals surface area contributed by atoms with Gasteiger partial charge < -0.3 is 4.90 Å². The first-order chi connectivity index (χ1) is 9.82. The molecule has 2 aromatic carbocycles. The van der Waals surface area contributed by atoms with Crippen LogP contribution in [0.15, 0.2) is 48.5 Å². The maximum absolute atomic E-state index is 14.3. The van der Waals surface area contributed by atoms with E-state index < -0.39 is 17.3 Å². The van der Waals surface area contributed by atoms with Gasteiger partial charge >= 0.3 is 5.92 Å². The first-order valence-corrected chi connectivity index (χ1v) is 6.66. The summed E-state index contributed by atoms with van der Waals surface area (Å²) in [5.74, 6) is -4.85. The molecule has 2 rings (SSSR count). The molecule has 0 saturated carbocycles. The van der Waals surface area contributed by atoms with Crippen molar-refractivity contribution in [3.8, 4) is 0 Å². The SMILES string of the molecule is CN(C)c1ccc(C(=O)C(F)(F)c2cccc(Cl)c2)cc1. The maximum atomic E-state index is 14.3. The molecule has 0 aliphatic rings. The summed E-state index contributed by atoms with van der Waals surface area (Å²) in [5.41, 5.74) is 0.389. The number of rotatable bonds is 4. The molecule has 0 aromatic heterocycles. The first kappa shape index (κ1) is 15.4. The molecule has 0 fully saturated rings. The summed E-state index contributed by atoms with van der Waals surface area (Å²) in [4.78, 5) is 13.9. The zero-order chi connectivity index (χ0) is 15.6. The van der Waals surface area contributed by atoms with E-state index in [2.05, 4.69) is 0 Å². The Balaban J connectivity index is 2.33. The number of hydrogen-bond acceptors (Lipinski definition) is 2. The molecule has 0 radical (unpaired) electrons. The molecule has 0 aliphatic heterocycles. The van der Waals surface area contributed by atoms with Crippen LogP contribution in [0.25, 0.3) is 0 Å². The van der Waals surface area contributed by atoms with E-state index >= 15 is 0 Å². The van der Waals surface area contributed by atoms with Gasteiger partial charge in [-0.25, -0.2) is 0 Å². The Labute approximate surface area is 127 Å². The fourth-order valence-corrected chi connectivity index (χ4v) is 2.10. The predicted octanol–water partition coefficient (Wildman–Crippen LogP) is 4.38. The highest BCUT2D eigenvalue weighted by Gasteiger charge is 2.41. The molecule has 0 unspecified atom stereocenters. The Morgan fingerprint density at radius 2 is 1.71 bits per heavy atom. The minimum Gasteiger partial charge on any atom is -0.378 e. The van der Waals surface area contributed by atoms with Gasteiger partial charge in [0.1, 0.15) is 0 Å². The lowest BCUT2D eigenvalue weighted by Crippen LogP contribution is -2.26. The molecule has 0 bridgehead atoms. The number of nitrogens with zero attached hydrogens (tertiary/aromatic N) is 1. The molecule has 2 nitrogen and oxygen atoms in total. The van der Waals surface area contributed by atoms with Gasteiger partial charge in [0, 0.05) is 35.9 Å². The highest BCUT2D eigenvalue weighted by atomic mass is 35.5. The molecule has 0 N–H and O–H groups in total. The number of Topliss-reactive ketones (excluding diaryl/α,β-unsaturated/α-hetero) is 1. The van der Waals surface area contributed by atoms with Crippen LogP contribution in [0.2, 0.25) is 5.02 Å². The molecule has 0 atom stereocenters. The number of halogens is 3. The van der Waals surface area contributed by atoms with E-state index in [-0.39, 0.29) is 10.6 Å². The lowest BCUT2D eigenvalue weighted by atomic mass is 9.98. The van der Waals surface area contributed by atoms with Crippen LogP contribution in [-0.4, -0.2) is 19.9 Å². The lowest BCUT2D eigenvalue weighted by Gasteiger charge is -2.17. The predicted molar refractivity (Wildman–Crippen MR) is 80.4 cm³/mol. The zero-order valence-corrected chi connectivity index (χ0v) is 12.4. The maximum Gasteiger partial charge on any atom is 0.335 e. The van der Waals surface area contributed by atoms with Crippen molar-refractivity contribution >= 4 is 23.1 Å². The number of carbonyl (C=O) groups excluding carboxylic acids is 1. The fourth-order valence-electron chi connectivity index (χ4n) is 1.91. The first-order valence-electron chi connectivity index (χ1n) is 6.28. The van der Waals surface area contributed by atoms with E-state index in [9.17, 15) is 13.6 Å². The third kappa shape index (κ3) is 3.22. The Kier molecular flexibility index (Phi) is 4.28. The summed E-state index contributed by atoms with van der Waals surface area (Å²) in [6.07, 6.45) is 0. The number of anilines is 1. The van der Waals surface area contributed by atoms with Gasteiger partial charge in [-0.2, -0.15) is 8.78 Å². The summed E-state index contributed by atoms with van der Waals surface area (Å²) >= 11 is 5.71. The highest BCUT2D eigenvalue weighted by Crippen LogP contribution is 2.33. The Bertz CT molecular complexity index is 654. The van der Waals surface area contributed by atoms with E-state index in [1.165, 1.54) is 30.3 Å². The van der Waals surface area contributed by atoms with Crippen molar-refractivity contribution in [2.24, 2.45) is 0 Å².